The minimum absolute atomic E-state index is 0.319. The molecule has 0 atom stereocenters. The lowest BCUT2D eigenvalue weighted by molar-refractivity contribution is 0.119. The molecule has 1 heterocycles. The highest BCUT2D eigenvalue weighted by molar-refractivity contribution is 5.91. The molecular weight excluding hydrogens is 272 g/mol. The van der Waals surface area contributed by atoms with Crippen molar-refractivity contribution >= 4 is 11.7 Å². The second-order valence-electron chi connectivity index (χ2n) is 4.58. The number of carbonyl (C=O) groups is 1. The van der Waals surface area contributed by atoms with Gasteiger partial charge < -0.3 is 24.8 Å². The fourth-order valence-electron chi connectivity index (χ4n) is 2.02. The van der Waals surface area contributed by atoms with Crippen molar-refractivity contribution in [2.24, 2.45) is 0 Å². The summed E-state index contributed by atoms with van der Waals surface area (Å²) in [6.07, 6.45) is 3.44. The molecule has 0 spiro atoms. The first kappa shape index (κ1) is 15.2. The lowest BCUT2D eigenvalue weighted by Gasteiger charge is -2.15. The third-order valence-corrected chi connectivity index (χ3v) is 3.20. The van der Waals surface area contributed by atoms with Crippen LogP contribution in [0.4, 0.5) is 10.5 Å². The van der Waals surface area contributed by atoms with Crippen LogP contribution in [0.5, 0.6) is 11.5 Å². The lowest BCUT2D eigenvalue weighted by atomic mass is 10.1. The highest BCUT2D eigenvalue weighted by Gasteiger charge is 2.09. The van der Waals surface area contributed by atoms with Crippen molar-refractivity contribution < 1.29 is 19.0 Å². The fraction of sp³-hybridized carbons (Fsp3) is 0.400. The number of methoxy groups -OCH3 is 2. The molecule has 6 nitrogen and oxygen atoms in total. The number of hydrogen-bond acceptors (Lipinski definition) is 4. The Kier molecular flexibility index (Phi) is 5.45. The molecule has 1 fully saturated rings. The van der Waals surface area contributed by atoms with Crippen LogP contribution in [0.2, 0.25) is 0 Å². The lowest BCUT2D eigenvalue weighted by Crippen LogP contribution is -2.25. The summed E-state index contributed by atoms with van der Waals surface area (Å²) >= 11 is 0. The van der Waals surface area contributed by atoms with Crippen LogP contribution in [0.1, 0.15) is 12.8 Å². The van der Waals surface area contributed by atoms with Gasteiger partial charge in [0, 0.05) is 12.3 Å². The van der Waals surface area contributed by atoms with Crippen molar-refractivity contribution in [2.45, 2.75) is 12.8 Å². The first-order valence-electron chi connectivity index (χ1n) is 6.78. The van der Waals surface area contributed by atoms with Crippen LogP contribution in [0.15, 0.2) is 30.0 Å². The van der Waals surface area contributed by atoms with Gasteiger partial charge in [0.25, 0.3) is 0 Å². The van der Waals surface area contributed by atoms with Crippen LogP contribution in [0.25, 0.3) is 0 Å². The maximum Gasteiger partial charge on any atom is 0.323 e. The highest BCUT2D eigenvalue weighted by Crippen LogP contribution is 2.28. The third kappa shape index (κ3) is 4.39. The Morgan fingerprint density at radius 3 is 2.67 bits per heavy atom. The summed E-state index contributed by atoms with van der Waals surface area (Å²) in [4.78, 5) is 11.9. The Bertz CT molecular complexity index is 520. The molecule has 21 heavy (non-hydrogen) atoms. The van der Waals surface area contributed by atoms with Gasteiger partial charge in [0.1, 0.15) is 11.5 Å². The molecule has 2 amide bonds. The van der Waals surface area contributed by atoms with Gasteiger partial charge in [-0.25, -0.2) is 4.79 Å². The predicted molar refractivity (Wildman–Crippen MR) is 79.8 cm³/mol. The monoisotopic (exact) mass is 292 g/mol. The molecule has 0 radical (unpaired) electrons. The summed E-state index contributed by atoms with van der Waals surface area (Å²) in [6.45, 7) is 1.41. The standard InChI is InChI=1S/C15H20N2O4/c1-19-12-3-4-14(20-2)13(9-12)17-15(18)16-10-11-5-7-21-8-6-11/h3-4,9-10H,5-8H2,1-2H3,(H2,16,17,18). The van der Waals surface area contributed by atoms with E-state index in [2.05, 4.69) is 10.6 Å². The third-order valence-electron chi connectivity index (χ3n) is 3.20. The SMILES string of the molecule is COc1ccc(OC)c(NC(=O)NC=C2CCOCC2)c1. The minimum atomic E-state index is -0.319. The van der Waals surface area contributed by atoms with E-state index in [4.69, 9.17) is 14.2 Å². The molecule has 1 saturated heterocycles. The molecule has 2 N–H and O–H groups in total. The number of carbonyl (C=O) groups excluding carboxylic acids is 1. The summed E-state index contributed by atoms with van der Waals surface area (Å²) < 4.78 is 15.6. The van der Waals surface area contributed by atoms with Crippen LogP contribution in [-0.4, -0.2) is 33.5 Å². The summed E-state index contributed by atoms with van der Waals surface area (Å²) in [5.74, 6) is 1.22. The van der Waals surface area contributed by atoms with E-state index in [-0.39, 0.29) is 6.03 Å². The minimum Gasteiger partial charge on any atom is -0.497 e. The van der Waals surface area contributed by atoms with E-state index in [1.54, 1.807) is 38.6 Å². The van der Waals surface area contributed by atoms with Gasteiger partial charge in [0.05, 0.1) is 33.1 Å². The molecule has 1 aliphatic heterocycles. The summed E-state index contributed by atoms with van der Waals surface area (Å²) in [6, 6.07) is 4.90. The van der Waals surface area contributed by atoms with E-state index in [1.807, 2.05) is 0 Å². The number of hydrogen-bond donors (Lipinski definition) is 2. The van der Waals surface area contributed by atoms with Gasteiger partial charge in [-0.05, 0) is 30.5 Å². The average molecular weight is 292 g/mol. The van der Waals surface area contributed by atoms with Crippen LogP contribution < -0.4 is 20.1 Å². The zero-order chi connectivity index (χ0) is 15.1. The molecule has 0 saturated carbocycles. The predicted octanol–water partition coefficient (Wildman–Crippen LogP) is 2.52. The van der Waals surface area contributed by atoms with Gasteiger partial charge in [-0.2, -0.15) is 0 Å². The second-order valence-corrected chi connectivity index (χ2v) is 4.58. The zero-order valence-electron chi connectivity index (χ0n) is 12.3. The van der Waals surface area contributed by atoms with Crippen LogP contribution in [-0.2, 0) is 4.74 Å². The van der Waals surface area contributed by atoms with E-state index in [9.17, 15) is 4.79 Å². The van der Waals surface area contributed by atoms with E-state index < -0.39 is 0 Å². The first-order valence-corrected chi connectivity index (χ1v) is 6.78. The summed E-state index contributed by atoms with van der Waals surface area (Å²) in [5.41, 5.74) is 1.73. The van der Waals surface area contributed by atoms with Crippen LogP contribution >= 0.6 is 0 Å². The van der Waals surface area contributed by atoms with Crippen LogP contribution in [0.3, 0.4) is 0 Å². The first-order chi connectivity index (χ1) is 10.2. The Labute approximate surface area is 124 Å². The van der Waals surface area contributed by atoms with Crippen molar-refractivity contribution in [3.8, 4) is 11.5 Å². The average Bonchev–Trinajstić information content (AvgIpc) is 2.54. The number of anilines is 1. The smallest absolute Gasteiger partial charge is 0.323 e. The molecule has 114 valence electrons. The molecular formula is C15H20N2O4. The van der Waals surface area contributed by atoms with Gasteiger partial charge >= 0.3 is 6.03 Å². The topological polar surface area (TPSA) is 68.8 Å². The van der Waals surface area contributed by atoms with Crippen LogP contribution in [0, 0.1) is 0 Å². The normalized spacial score (nSPS) is 14.3. The van der Waals surface area contributed by atoms with Crippen molar-refractivity contribution in [3.63, 3.8) is 0 Å². The number of urea groups is 1. The highest BCUT2D eigenvalue weighted by atomic mass is 16.5. The number of rotatable bonds is 4. The molecule has 1 aromatic rings. The number of ether oxygens (including phenoxy) is 3. The fourth-order valence-corrected chi connectivity index (χ4v) is 2.02. The van der Waals surface area contributed by atoms with Crippen molar-refractivity contribution in [2.75, 3.05) is 32.8 Å². The molecule has 6 heteroatoms. The maximum atomic E-state index is 11.9. The number of benzene rings is 1. The molecule has 0 aromatic heterocycles. The molecule has 1 aliphatic rings. The Morgan fingerprint density at radius 2 is 2.00 bits per heavy atom. The van der Waals surface area contributed by atoms with Gasteiger partial charge in [0.2, 0.25) is 0 Å². The largest absolute Gasteiger partial charge is 0.497 e. The molecule has 1 aromatic carbocycles. The van der Waals surface area contributed by atoms with E-state index in [1.165, 1.54) is 5.57 Å². The van der Waals surface area contributed by atoms with E-state index >= 15 is 0 Å². The molecule has 0 unspecified atom stereocenters. The Balaban J connectivity index is 1.98. The van der Waals surface area contributed by atoms with Gasteiger partial charge in [-0.15, -0.1) is 0 Å². The number of nitrogens with one attached hydrogen (secondary N) is 2. The zero-order valence-corrected chi connectivity index (χ0v) is 12.3. The van der Waals surface area contributed by atoms with E-state index in [0.29, 0.717) is 30.4 Å². The summed E-state index contributed by atoms with van der Waals surface area (Å²) in [7, 11) is 3.12. The Morgan fingerprint density at radius 1 is 1.24 bits per heavy atom. The molecule has 0 aliphatic carbocycles. The molecule has 0 bridgehead atoms. The van der Waals surface area contributed by atoms with E-state index in [0.717, 1.165) is 12.8 Å². The quantitative estimate of drug-likeness (QED) is 0.894. The number of amides is 2. The van der Waals surface area contributed by atoms with Crippen molar-refractivity contribution in [1.29, 1.82) is 0 Å². The molecule has 2 rings (SSSR count). The summed E-state index contributed by atoms with van der Waals surface area (Å²) in [5, 5.41) is 5.47. The van der Waals surface area contributed by atoms with Crippen molar-refractivity contribution in [3.05, 3.63) is 30.0 Å². The van der Waals surface area contributed by atoms with Gasteiger partial charge in [-0.3, -0.25) is 0 Å². The van der Waals surface area contributed by atoms with Gasteiger partial charge in [0.15, 0.2) is 0 Å². The Hall–Kier alpha value is -2.21. The van der Waals surface area contributed by atoms with Gasteiger partial charge in [-0.1, -0.05) is 0 Å². The second kappa shape index (κ2) is 7.54. The van der Waals surface area contributed by atoms with Crippen molar-refractivity contribution in [1.82, 2.24) is 5.32 Å². The maximum absolute atomic E-state index is 11.9.